The van der Waals surface area contributed by atoms with Crippen LogP contribution in [-0.4, -0.2) is 44.0 Å². The Kier molecular flexibility index (Phi) is 11.5. The van der Waals surface area contributed by atoms with E-state index in [9.17, 15) is 0 Å². The zero-order chi connectivity index (χ0) is 20.9. The molecule has 0 amide bonds. The van der Waals surface area contributed by atoms with Crippen molar-refractivity contribution >= 4 is 10.8 Å². The van der Waals surface area contributed by atoms with Gasteiger partial charge in [0.15, 0.2) is 0 Å². The lowest BCUT2D eigenvalue weighted by molar-refractivity contribution is 0.277. The molecule has 0 N–H and O–H groups in total. The highest BCUT2D eigenvalue weighted by molar-refractivity contribution is 5.85. The van der Waals surface area contributed by atoms with E-state index in [0.717, 1.165) is 19.6 Å². The molecule has 2 nitrogen and oxygen atoms in total. The number of hydrogen-bond acceptors (Lipinski definition) is 2. The van der Waals surface area contributed by atoms with Gasteiger partial charge in [-0.3, -0.25) is 0 Å². The van der Waals surface area contributed by atoms with Crippen molar-refractivity contribution in [3.8, 4) is 0 Å². The van der Waals surface area contributed by atoms with Crippen LogP contribution < -0.4 is 0 Å². The molecule has 0 atom stereocenters. The molecule has 0 spiro atoms. The molecular weight excluding hydrogens is 340 g/mol. The number of hydrogen-bond donors (Lipinski definition) is 0. The van der Waals surface area contributed by atoms with Crippen molar-refractivity contribution in [2.24, 2.45) is 0 Å². The summed E-state index contributed by atoms with van der Waals surface area (Å²) >= 11 is 0. The second-order valence-electron chi connectivity index (χ2n) is 7.58. The van der Waals surface area contributed by atoms with Gasteiger partial charge in [0.05, 0.1) is 0 Å². The van der Waals surface area contributed by atoms with Crippen LogP contribution in [0.5, 0.6) is 0 Å². The maximum atomic E-state index is 2.38. The van der Waals surface area contributed by atoms with Crippen molar-refractivity contribution in [3.63, 3.8) is 0 Å². The summed E-state index contributed by atoms with van der Waals surface area (Å²) in [6.07, 6.45) is 6.95. The molecule has 1 aliphatic rings. The van der Waals surface area contributed by atoms with Gasteiger partial charge >= 0.3 is 0 Å². The van der Waals surface area contributed by atoms with Crippen molar-refractivity contribution in [2.75, 3.05) is 34.2 Å². The summed E-state index contributed by atoms with van der Waals surface area (Å²) < 4.78 is 0. The molecule has 0 saturated heterocycles. The van der Waals surface area contributed by atoms with E-state index in [4.69, 9.17) is 0 Å². The minimum absolute atomic E-state index is 1.01. The van der Waals surface area contributed by atoms with E-state index in [-0.39, 0.29) is 0 Å². The van der Waals surface area contributed by atoms with Crippen LogP contribution in [0.15, 0.2) is 65.8 Å². The van der Waals surface area contributed by atoms with Gasteiger partial charge in [0, 0.05) is 19.6 Å². The first kappa shape index (κ1) is 24.1. The van der Waals surface area contributed by atoms with Crippen molar-refractivity contribution in [1.29, 1.82) is 0 Å². The molecule has 0 heterocycles. The van der Waals surface area contributed by atoms with Gasteiger partial charge in [0.25, 0.3) is 0 Å². The van der Waals surface area contributed by atoms with E-state index < -0.39 is 0 Å². The molecule has 0 fully saturated rings. The third kappa shape index (κ3) is 8.41. The molecule has 2 aromatic carbocycles. The fourth-order valence-electron chi connectivity index (χ4n) is 3.07. The van der Waals surface area contributed by atoms with Crippen LogP contribution in [0.4, 0.5) is 0 Å². The molecule has 0 unspecified atom stereocenters. The van der Waals surface area contributed by atoms with Gasteiger partial charge in [-0.25, -0.2) is 0 Å². The predicted molar refractivity (Wildman–Crippen MR) is 127 cm³/mol. The fraction of sp³-hybridized carbons (Fsp3) is 0.462. The number of rotatable bonds is 5. The van der Waals surface area contributed by atoms with Gasteiger partial charge in [-0.1, -0.05) is 79.6 Å². The summed E-state index contributed by atoms with van der Waals surface area (Å²) in [5.41, 5.74) is 4.41. The van der Waals surface area contributed by atoms with E-state index >= 15 is 0 Å². The van der Waals surface area contributed by atoms with Crippen molar-refractivity contribution in [3.05, 3.63) is 71.3 Å². The summed E-state index contributed by atoms with van der Waals surface area (Å²) in [4.78, 5) is 4.60. The van der Waals surface area contributed by atoms with Crippen LogP contribution in [-0.2, 0) is 6.54 Å². The highest BCUT2D eigenvalue weighted by atomic mass is 15.1. The van der Waals surface area contributed by atoms with E-state index in [1.165, 1.54) is 34.8 Å². The minimum Gasteiger partial charge on any atom is -0.308 e. The molecule has 0 saturated carbocycles. The quantitative estimate of drug-likeness (QED) is 0.581. The third-order valence-electron chi connectivity index (χ3n) is 4.98. The highest BCUT2D eigenvalue weighted by Gasteiger charge is 2.04. The topological polar surface area (TPSA) is 6.48 Å². The van der Waals surface area contributed by atoms with Crippen LogP contribution in [0.25, 0.3) is 10.8 Å². The SMILES string of the molecule is CC.CC1=C(C)CCC=C1.CN(C)CCN(C)Cc1cccc2ccccc12. The number of benzene rings is 2. The lowest BCUT2D eigenvalue weighted by Crippen LogP contribution is -2.28. The average molecular weight is 381 g/mol. The van der Waals surface area contributed by atoms with Gasteiger partial charge in [0.2, 0.25) is 0 Å². The Hall–Kier alpha value is -1.90. The molecule has 0 aromatic heterocycles. The molecule has 0 aliphatic heterocycles. The van der Waals surface area contributed by atoms with Gasteiger partial charge < -0.3 is 9.80 Å². The molecule has 2 aromatic rings. The van der Waals surface area contributed by atoms with Crippen LogP contribution in [0.3, 0.4) is 0 Å². The summed E-state index contributed by atoms with van der Waals surface area (Å²) in [5, 5.41) is 2.70. The van der Waals surface area contributed by atoms with E-state index in [1.54, 1.807) is 5.57 Å². The van der Waals surface area contributed by atoms with Gasteiger partial charge in [-0.05, 0) is 64.2 Å². The third-order valence-corrected chi connectivity index (χ3v) is 4.98. The standard InChI is InChI=1S/C16H22N2.C8H12.C2H6/c1-17(2)11-12-18(3)13-15-9-6-8-14-7-4-5-10-16(14)15;1-7-5-3-4-6-8(7)2;1-2/h4-10H,11-13H2,1-3H3;3,5H,4,6H2,1-2H3;1-2H3. The molecule has 28 heavy (non-hydrogen) atoms. The molecule has 1 aliphatic carbocycles. The lowest BCUT2D eigenvalue weighted by Gasteiger charge is -2.20. The zero-order valence-electron chi connectivity index (χ0n) is 19.1. The van der Waals surface area contributed by atoms with Crippen molar-refractivity contribution in [2.45, 2.75) is 47.1 Å². The van der Waals surface area contributed by atoms with Gasteiger partial charge in [-0.2, -0.15) is 0 Å². The van der Waals surface area contributed by atoms with Crippen LogP contribution >= 0.6 is 0 Å². The van der Waals surface area contributed by atoms with Crippen molar-refractivity contribution < 1.29 is 0 Å². The van der Waals surface area contributed by atoms with E-state index in [2.05, 4.69) is 99.4 Å². The Morgan fingerprint density at radius 2 is 1.54 bits per heavy atom. The Labute approximate surface area is 173 Å². The number of fused-ring (bicyclic) bond motifs is 1. The first-order valence-corrected chi connectivity index (χ1v) is 10.6. The predicted octanol–water partition coefficient (Wildman–Crippen LogP) is 6.53. The molecule has 154 valence electrons. The number of nitrogens with zero attached hydrogens (tertiary/aromatic N) is 2. The minimum atomic E-state index is 1.01. The second kappa shape index (κ2) is 13.3. The normalized spacial score (nSPS) is 13.3. The zero-order valence-corrected chi connectivity index (χ0v) is 19.1. The molecule has 3 rings (SSSR count). The van der Waals surface area contributed by atoms with Crippen LogP contribution in [0.2, 0.25) is 0 Å². The van der Waals surface area contributed by atoms with Crippen LogP contribution in [0.1, 0.15) is 46.1 Å². The average Bonchev–Trinajstić information content (AvgIpc) is 2.71. The molecule has 0 bridgehead atoms. The van der Waals surface area contributed by atoms with Crippen molar-refractivity contribution in [1.82, 2.24) is 9.80 Å². The maximum Gasteiger partial charge on any atom is 0.0237 e. The number of allylic oxidation sites excluding steroid dienone is 4. The van der Waals surface area contributed by atoms with Gasteiger partial charge in [-0.15, -0.1) is 0 Å². The summed E-state index contributed by atoms with van der Waals surface area (Å²) in [5.74, 6) is 0. The molecule has 0 radical (unpaired) electrons. The monoisotopic (exact) mass is 380 g/mol. The highest BCUT2D eigenvalue weighted by Crippen LogP contribution is 2.19. The first-order valence-electron chi connectivity index (χ1n) is 10.6. The smallest absolute Gasteiger partial charge is 0.0237 e. The Morgan fingerprint density at radius 1 is 0.857 bits per heavy atom. The summed E-state index contributed by atoms with van der Waals surface area (Å²) in [6.45, 7) is 11.6. The Bertz CT molecular complexity index is 751. The van der Waals surface area contributed by atoms with E-state index in [0.29, 0.717) is 0 Å². The maximum absolute atomic E-state index is 2.38. The van der Waals surface area contributed by atoms with E-state index in [1.807, 2.05) is 13.8 Å². The largest absolute Gasteiger partial charge is 0.308 e. The second-order valence-corrected chi connectivity index (χ2v) is 7.58. The summed E-state index contributed by atoms with van der Waals surface area (Å²) in [7, 11) is 6.42. The first-order chi connectivity index (χ1) is 13.5. The lowest BCUT2D eigenvalue weighted by atomic mass is 10.0. The van der Waals surface area contributed by atoms with Gasteiger partial charge in [0.1, 0.15) is 0 Å². The summed E-state index contributed by atoms with van der Waals surface area (Å²) in [6, 6.07) is 15.2. The fourth-order valence-corrected chi connectivity index (χ4v) is 3.07. The number of likely N-dealkylation sites (N-methyl/N-ethyl adjacent to an activating group) is 2. The Morgan fingerprint density at radius 3 is 2.14 bits per heavy atom. The molecule has 2 heteroatoms. The Balaban J connectivity index is 0.000000327. The molecular formula is C26H40N2. The van der Waals surface area contributed by atoms with Crippen LogP contribution in [0, 0.1) is 0 Å².